The van der Waals surface area contributed by atoms with E-state index in [9.17, 15) is 4.79 Å². The van der Waals surface area contributed by atoms with E-state index in [-0.39, 0.29) is 11.4 Å². The molecule has 0 saturated heterocycles. The number of nitrogens with one attached hydrogen (secondary N) is 2. The van der Waals surface area contributed by atoms with Crippen LogP contribution in [0.3, 0.4) is 0 Å². The summed E-state index contributed by atoms with van der Waals surface area (Å²) in [6, 6.07) is 3.70. The summed E-state index contributed by atoms with van der Waals surface area (Å²) in [6.45, 7) is 5.84. The highest BCUT2D eigenvalue weighted by atomic mass is 32.2. The van der Waals surface area contributed by atoms with Crippen LogP contribution >= 0.6 is 11.8 Å². The number of carbonyl (C=O) groups is 1. The Kier molecular flexibility index (Phi) is 4.39. The molecule has 0 aliphatic rings. The molecule has 0 aromatic carbocycles. The molecule has 0 atom stereocenters. The second-order valence-corrected chi connectivity index (χ2v) is 6.23. The molecule has 0 saturated carbocycles. The molecule has 0 fully saturated rings. The fourth-order valence-electron chi connectivity index (χ4n) is 1.53. The Morgan fingerprint density at radius 3 is 2.70 bits per heavy atom. The molecule has 0 radical (unpaired) electrons. The predicted molar refractivity (Wildman–Crippen MR) is 78.2 cm³/mol. The Balaban J connectivity index is 1.92. The molecule has 0 bridgehead atoms. The minimum absolute atomic E-state index is 0.0299. The maximum Gasteiger partial charge on any atom is 0.230 e. The largest absolute Gasteiger partial charge is 0.351 e. The first kappa shape index (κ1) is 14.5. The van der Waals surface area contributed by atoms with Crippen molar-refractivity contribution in [2.75, 3.05) is 5.75 Å². The molecule has 1 amide bonds. The van der Waals surface area contributed by atoms with Gasteiger partial charge in [0.05, 0.1) is 5.75 Å². The summed E-state index contributed by atoms with van der Waals surface area (Å²) in [6.07, 6.45) is 3.39. The predicted octanol–water partition coefficient (Wildman–Crippen LogP) is 1.87. The Bertz CT molecular complexity index is 576. The van der Waals surface area contributed by atoms with Gasteiger partial charge >= 0.3 is 0 Å². The van der Waals surface area contributed by atoms with Gasteiger partial charge < -0.3 is 5.32 Å². The van der Waals surface area contributed by atoms with Gasteiger partial charge in [0.15, 0.2) is 5.82 Å². The molecule has 2 aromatic rings. The van der Waals surface area contributed by atoms with Gasteiger partial charge in [-0.3, -0.25) is 14.9 Å². The molecule has 0 aliphatic carbocycles. The van der Waals surface area contributed by atoms with Crippen molar-refractivity contribution in [1.29, 1.82) is 0 Å². The number of pyridine rings is 1. The third-order valence-electron chi connectivity index (χ3n) is 2.27. The Morgan fingerprint density at radius 2 is 2.05 bits per heavy atom. The third kappa shape index (κ3) is 4.34. The second-order valence-electron chi connectivity index (χ2n) is 5.29. The molecular formula is C13H17N5OS. The monoisotopic (exact) mass is 291 g/mol. The number of carbonyl (C=O) groups excluding carboxylic acids is 1. The van der Waals surface area contributed by atoms with E-state index in [0.717, 1.165) is 5.56 Å². The number of hydrogen-bond donors (Lipinski definition) is 2. The lowest BCUT2D eigenvalue weighted by Crippen LogP contribution is -2.41. The van der Waals surface area contributed by atoms with Crippen LogP contribution in [0.15, 0.2) is 29.7 Å². The average molecular weight is 291 g/mol. The number of H-pyrrole nitrogens is 1. The third-order valence-corrected chi connectivity index (χ3v) is 3.11. The maximum absolute atomic E-state index is 11.7. The van der Waals surface area contributed by atoms with E-state index >= 15 is 0 Å². The van der Waals surface area contributed by atoms with Gasteiger partial charge in [0.1, 0.15) is 0 Å². The van der Waals surface area contributed by atoms with Gasteiger partial charge in [-0.05, 0) is 32.9 Å². The quantitative estimate of drug-likeness (QED) is 0.840. The normalized spacial score (nSPS) is 11.3. The molecule has 2 heterocycles. The Hall–Kier alpha value is -1.89. The van der Waals surface area contributed by atoms with Crippen LogP contribution < -0.4 is 5.32 Å². The van der Waals surface area contributed by atoms with Gasteiger partial charge in [0, 0.05) is 23.5 Å². The van der Waals surface area contributed by atoms with Crippen molar-refractivity contribution < 1.29 is 4.79 Å². The topological polar surface area (TPSA) is 83.6 Å². The molecule has 20 heavy (non-hydrogen) atoms. The summed E-state index contributed by atoms with van der Waals surface area (Å²) in [4.78, 5) is 20.0. The van der Waals surface area contributed by atoms with Gasteiger partial charge in [-0.2, -0.15) is 0 Å². The molecule has 106 valence electrons. The molecule has 0 unspecified atom stereocenters. The molecular weight excluding hydrogens is 274 g/mol. The van der Waals surface area contributed by atoms with E-state index in [1.807, 2.05) is 32.9 Å². The maximum atomic E-state index is 11.7. The smallest absolute Gasteiger partial charge is 0.230 e. The van der Waals surface area contributed by atoms with Crippen molar-refractivity contribution in [3.8, 4) is 11.4 Å². The number of rotatable bonds is 4. The van der Waals surface area contributed by atoms with E-state index < -0.39 is 0 Å². The van der Waals surface area contributed by atoms with Crippen molar-refractivity contribution in [3.63, 3.8) is 0 Å². The lowest BCUT2D eigenvalue weighted by molar-refractivity contribution is -0.119. The summed E-state index contributed by atoms with van der Waals surface area (Å²) in [5.74, 6) is 0.939. The standard InChI is InChI=1S/C13H17N5OS/c1-13(2,3)16-10(19)8-20-12-15-11(17-18-12)9-4-6-14-7-5-9/h4-7H,8H2,1-3H3,(H,16,19)(H,15,17,18). The van der Waals surface area contributed by atoms with Gasteiger partial charge in [-0.15, -0.1) is 5.10 Å². The summed E-state index contributed by atoms with van der Waals surface area (Å²) < 4.78 is 0. The zero-order valence-corrected chi connectivity index (χ0v) is 12.5. The molecule has 6 nitrogen and oxygen atoms in total. The summed E-state index contributed by atoms with van der Waals surface area (Å²) >= 11 is 1.30. The van der Waals surface area contributed by atoms with Gasteiger partial charge in [0.25, 0.3) is 0 Å². The fourth-order valence-corrected chi connectivity index (χ4v) is 2.13. The highest BCUT2D eigenvalue weighted by molar-refractivity contribution is 7.99. The van der Waals surface area contributed by atoms with Crippen LogP contribution in [0.25, 0.3) is 11.4 Å². The van der Waals surface area contributed by atoms with Gasteiger partial charge in [-0.25, -0.2) is 4.98 Å². The molecule has 2 aromatic heterocycles. The van der Waals surface area contributed by atoms with Crippen LogP contribution in [0, 0.1) is 0 Å². The lowest BCUT2D eigenvalue weighted by atomic mass is 10.1. The van der Waals surface area contributed by atoms with Crippen LogP contribution in [0.5, 0.6) is 0 Å². The average Bonchev–Trinajstić information content (AvgIpc) is 2.84. The second kappa shape index (κ2) is 6.04. The first-order valence-electron chi connectivity index (χ1n) is 6.21. The van der Waals surface area contributed by atoms with Gasteiger partial charge in [0.2, 0.25) is 11.1 Å². The highest BCUT2D eigenvalue weighted by Gasteiger charge is 2.14. The summed E-state index contributed by atoms with van der Waals surface area (Å²) in [7, 11) is 0. The minimum atomic E-state index is -0.223. The Labute approximate surface area is 121 Å². The van der Waals surface area contributed by atoms with Crippen LogP contribution in [-0.4, -0.2) is 37.4 Å². The minimum Gasteiger partial charge on any atom is -0.351 e. The molecule has 7 heteroatoms. The van der Waals surface area contributed by atoms with E-state index in [4.69, 9.17) is 0 Å². The number of hydrogen-bond acceptors (Lipinski definition) is 5. The van der Waals surface area contributed by atoms with Crippen LogP contribution in [0.2, 0.25) is 0 Å². The number of amides is 1. The summed E-state index contributed by atoms with van der Waals surface area (Å²) in [5, 5.41) is 10.4. The van der Waals surface area contributed by atoms with Crippen molar-refractivity contribution in [1.82, 2.24) is 25.5 Å². The lowest BCUT2D eigenvalue weighted by Gasteiger charge is -2.19. The van der Waals surface area contributed by atoms with E-state index in [1.165, 1.54) is 11.8 Å². The zero-order chi connectivity index (χ0) is 14.6. The number of aromatic amines is 1. The molecule has 2 N–H and O–H groups in total. The van der Waals surface area contributed by atoms with E-state index in [2.05, 4.69) is 25.5 Å². The van der Waals surface area contributed by atoms with Crippen LogP contribution in [-0.2, 0) is 4.79 Å². The number of thioether (sulfide) groups is 1. The van der Waals surface area contributed by atoms with E-state index in [0.29, 0.717) is 16.7 Å². The van der Waals surface area contributed by atoms with Crippen molar-refractivity contribution >= 4 is 17.7 Å². The number of nitrogens with zero attached hydrogens (tertiary/aromatic N) is 3. The molecule has 0 spiro atoms. The zero-order valence-electron chi connectivity index (χ0n) is 11.7. The first-order valence-corrected chi connectivity index (χ1v) is 7.19. The van der Waals surface area contributed by atoms with Crippen molar-refractivity contribution in [2.24, 2.45) is 0 Å². The fraction of sp³-hybridized carbons (Fsp3) is 0.385. The van der Waals surface area contributed by atoms with E-state index in [1.54, 1.807) is 12.4 Å². The SMILES string of the molecule is CC(C)(C)NC(=O)CSc1n[nH]c(-c2ccncc2)n1. The van der Waals surface area contributed by atoms with Crippen LogP contribution in [0.1, 0.15) is 20.8 Å². The molecule has 0 aliphatic heterocycles. The van der Waals surface area contributed by atoms with Crippen molar-refractivity contribution in [3.05, 3.63) is 24.5 Å². The number of aromatic nitrogens is 4. The Morgan fingerprint density at radius 1 is 1.35 bits per heavy atom. The first-order chi connectivity index (χ1) is 9.44. The highest BCUT2D eigenvalue weighted by Crippen LogP contribution is 2.18. The molecule has 2 rings (SSSR count). The van der Waals surface area contributed by atoms with Crippen molar-refractivity contribution in [2.45, 2.75) is 31.5 Å². The van der Waals surface area contributed by atoms with Crippen LogP contribution in [0.4, 0.5) is 0 Å². The summed E-state index contributed by atoms with van der Waals surface area (Å²) in [5.41, 5.74) is 0.692. The van der Waals surface area contributed by atoms with Gasteiger partial charge in [-0.1, -0.05) is 11.8 Å².